The molecular weight excluding hydrogens is 408 g/mol. The van der Waals surface area contributed by atoms with Gasteiger partial charge >= 0.3 is 0 Å². The largest absolute Gasteiger partial charge is 0.495 e. The maximum Gasteiger partial charge on any atom is 0.173 e. The molecule has 2 aromatic rings. The van der Waals surface area contributed by atoms with Crippen LogP contribution in [0.25, 0.3) is 0 Å². The van der Waals surface area contributed by atoms with Crippen LogP contribution in [0.1, 0.15) is 12.1 Å². The molecule has 29 heavy (non-hydrogen) atoms. The normalized spacial score (nSPS) is 14.4. The lowest BCUT2D eigenvalue weighted by molar-refractivity contribution is 0.0367. The van der Waals surface area contributed by atoms with Gasteiger partial charge in [-0.3, -0.25) is 9.88 Å². The molecule has 0 unspecified atom stereocenters. The molecule has 1 aliphatic heterocycles. The number of hydrogen-bond donors (Lipinski definition) is 1. The van der Waals surface area contributed by atoms with E-state index in [1.165, 1.54) is 0 Å². The number of methoxy groups -OCH3 is 1. The summed E-state index contributed by atoms with van der Waals surface area (Å²) in [5.74, 6) is 0.697. The minimum atomic E-state index is 0.623. The fraction of sp³-hybridized carbons (Fsp3) is 0.429. The third kappa shape index (κ3) is 6.82. The molecule has 0 bridgehead atoms. The summed E-state index contributed by atoms with van der Waals surface area (Å²) in [4.78, 5) is 9.02. The van der Waals surface area contributed by atoms with Crippen LogP contribution in [-0.4, -0.2) is 66.4 Å². The van der Waals surface area contributed by atoms with Crippen molar-refractivity contribution in [1.29, 1.82) is 0 Å². The van der Waals surface area contributed by atoms with Gasteiger partial charge in [0.05, 0.1) is 38.2 Å². The first-order valence-corrected chi connectivity index (χ1v) is 10.5. The molecular formula is C21H27ClN4O2S. The van der Waals surface area contributed by atoms with Crippen LogP contribution in [0.15, 0.2) is 42.6 Å². The number of anilines is 1. The van der Waals surface area contributed by atoms with Crippen molar-refractivity contribution in [3.63, 3.8) is 0 Å². The minimum absolute atomic E-state index is 0.623. The fourth-order valence-electron chi connectivity index (χ4n) is 3.22. The Morgan fingerprint density at radius 1 is 1.31 bits per heavy atom. The van der Waals surface area contributed by atoms with Gasteiger partial charge in [0.2, 0.25) is 0 Å². The van der Waals surface area contributed by atoms with E-state index in [9.17, 15) is 0 Å². The number of benzene rings is 1. The van der Waals surface area contributed by atoms with Crippen LogP contribution >= 0.6 is 23.8 Å². The van der Waals surface area contributed by atoms with Gasteiger partial charge in [-0.1, -0.05) is 17.7 Å². The molecule has 0 radical (unpaired) electrons. The molecule has 1 fully saturated rings. The van der Waals surface area contributed by atoms with Gasteiger partial charge in [0.25, 0.3) is 0 Å². The Morgan fingerprint density at radius 3 is 2.86 bits per heavy atom. The van der Waals surface area contributed by atoms with Crippen molar-refractivity contribution in [3.05, 3.63) is 53.3 Å². The smallest absolute Gasteiger partial charge is 0.173 e. The molecule has 8 heteroatoms. The Kier molecular flexibility index (Phi) is 8.49. The first-order chi connectivity index (χ1) is 14.2. The van der Waals surface area contributed by atoms with Gasteiger partial charge in [0.15, 0.2) is 5.11 Å². The number of ether oxygens (including phenoxy) is 2. The number of hydrogen-bond acceptors (Lipinski definition) is 5. The molecule has 6 nitrogen and oxygen atoms in total. The lowest BCUT2D eigenvalue weighted by Gasteiger charge is -2.29. The van der Waals surface area contributed by atoms with E-state index in [0.717, 1.165) is 57.2 Å². The van der Waals surface area contributed by atoms with E-state index >= 15 is 0 Å². The average molecular weight is 435 g/mol. The molecule has 3 rings (SSSR count). The van der Waals surface area contributed by atoms with E-state index in [4.69, 9.17) is 33.3 Å². The van der Waals surface area contributed by atoms with Gasteiger partial charge in [-0.05, 0) is 49.0 Å². The van der Waals surface area contributed by atoms with Gasteiger partial charge in [0, 0.05) is 37.4 Å². The summed E-state index contributed by atoms with van der Waals surface area (Å²) in [6.45, 7) is 6.08. The predicted molar refractivity (Wildman–Crippen MR) is 121 cm³/mol. The second-order valence-corrected chi connectivity index (χ2v) is 7.65. The van der Waals surface area contributed by atoms with E-state index in [2.05, 4.69) is 20.1 Å². The highest BCUT2D eigenvalue weighted by Crippen LogP contribution is 2.28. The number of thiocarbonyl (C=S) groups is 1. The van der Waals surface area contributed by atoms with Crippen molar-refractivity contribution in [2.24, 2.45) is 0 Å². The third-order valence-electron chi connectivity index (χ3n) is 4.78. The standard InChI is InChI=1S/C21H27ClN4O2S/c1-27-20-7-6-17(22)15-19(20)24-21(29)26(16-18-5-2-3-8-23-18)10-4-9-25-11-13-28-14-12-25/h2-3,5-8,15H,4,9-14,16H2,1H3,(H,24,29). The quantitative estimate of drug-likeness (QED) is 0.636. The molecule has 1 aromatic heterocycles. The number of rotatable bonds is 8. The second-order valence-electron chi connectivity index (χ2n) is 6.82. The SMILES string of the molecule is COc1ccc(Cl)cc1NC(=S)N(CCCN1CCOCC1)Cc1ccccn1. The van der Waals surface area contributed by atoms with Gasteiger partial charge < -0.3 is 19.7 Å². The van der Waals surface area contributed by atoms with Gasteiger partial charge in [0.1, 0.15) is 5.75 Å². The van der Waals surface area contributed by atoms with Crippen molar-refractivity contribution in [3.8, 4) is 5.75 Å². The van der Waals surface area contributed by atoms with E-state index in [-0.39, 0.29) is 0 Å². The summed E-state index contributed by atoms with van der Waals surface area (Å²) in [5, 5.41) is 4.55. The maximum absolute atomic E-state index is 6.16. The van der Waals surface area contributed by atoms with Crippen LogP contribution in [0, 0.1) is 0 Å². The van der Waals surface area contributed by atoms with Crippen LogP contribution in [0.5, 0.6) is 5.75 Å². The van der Waals surface area contributed by atoms with Gasteiger partial charge in [-0.25, -0.2) is 0 Å². The summed E-state index contributed by atoms with van der Waals surface area (Å²) >= 11 is 11.9. The summed E-state index contributed by atoms with van der Waals surface area (Å²) in [5.41, 5.74) is 1.73. The molecule has 0 amide bonds. The molecule has 1 N–H and O–H groups in total. The molecule has 1 aliphatic rings. The average Bonchev–Trinajstić information content (AvgIpc) is 2.75. The van der Waals surface area contributed by atoms with Crippen LogP contribution in [0.3, 0.4) is 0 Å². The van der Waals surface area contributed by atoms with Crippen molar-refractivity contribution in [2.45, 2.75) is 13.0 Å². The Hall–Kier alpha value is -1.93. The molecule has 1 saturated heterocycles. The second kappa shape index (κ2) is 11.3. The first-order valence-electron chi connectivity index (χ1n) is 9.75. The number of morpholine rings is 1. The van der Waals surface area contributed by atoms with Gasteiger partial charge in [-0.15, -0.1) is 0 Å². The molecule has 2 heterocycles. The van der Waals surface area contributed by atoms with E-state index < -0.39 is 0 Å². The third-order valence-corrected chi connectivity index (χ3v) is 5.37. The molecule has 1 aromatic carbocycles. The van der Waals surface area contributed by atoms with E-state index in [1.54, 1.807) is 19.4 Å². The molecule has 0 aliphatic carbocycles. The lowest BCUT2D eigenvalue weighted by atomic mass is 10.2. The zero-order chi connectivity index (χ0) is 20.5. The highest BCUT2D eigenvalue weighted by atomic mass is 35.5. The van der Waals surface area contributed by atoms with Crippen LogP contribution in [-0.2, 0) is 11.3 Å². The number of nitrogens with zero attached hydrogens (tertiary/aromatic N) is 3. The molecule has 0 saturated carbocycles. The molecule has 0 spiro atoms. The van der Waals surface area contributed by atoms with Crippen molar-refractivity contribution in [2.75, 3.05) is 51.8 Å². The first kappa shape index (κ1) is 21.8. The van der Waals surface area contributed by atoms with Crippen LogP contribution in [0.4, 0.5) is 5.69 Å². The maximum atomic E-state index is 6.16. The van der Waals surface area contributed by atoms with Crippen LogP contribution < -0.4 is 10.1 Å². The lowest BCUT2D eigenvalue weighted by Crippen LogP contribution is -2.40. The summed E-state index contributed by atoms with van der Waals surface area (Å²) in [7, 11) is 1.63. The molecule has 0 atom stereocenters. The minimum Gasteiger partial charge on any atom is -0.495 e. The number of nitrogens with one attached hydrogen (secondary N) is 1. The topological polar surface area (TPSA) is 49.9 Å². The predicted octanol–water partition coefficient (Wildman–Crippen LogP) is 3.66. The summed E-state index contributed by atoms with van der Waals surface area (Å²) < 4.78 is 10.9. The van der Waals surface area contributed by atoms with Crippen molar-refractivity contribution in [1.82, 2.24) is 14.8 Å². The highest BCUT2D eigenvalue weighted by molar-refractivity contribution is 7.80. The summed E-state index contributed by atoms with van der Waals surface area (Å²) in [6.07, 6.45) is 2.80. The molecule has 156 valence electrons. The van der Waals surface area contributed by atoms with E-state index in [0.29, 0.717) is 22.4 Å². The Morgan fingerprint density at radius 2 is 2.14 bits per heavy atom. The zero-order valence-corrected chi connectivity index (χ0v) is 18.2. The Balaban J connectivity index is 1.66. The monoisotopic (exact) mass is 434 g/mol. The Labute approximate surface area is 182 Å². The van der Waals surface area contributed by atoms with Gasteiger partial charge in [-0.2, -0.15) is 0 Å². The zero-order valence-electron chi connectivity index (χ0n) is 16.6. The van der Waals surface area contributed by atoms with Crippen LogP contribution in [0.2, 0.25) is 5.02 Å². The van der Waals surface area contributed by atoms with Crippen molar-refractivity contribution < 1.29 is 9.47 Å². The summed E-state index contributed by atoms with van der Waals surface area (Å²) in [6, 6.07) is 11.4. The van der Waals surface area contributed by atoms with Crippen molar-refractivity contribution >= 4 is 34.6 Å². The number of aromatic nitrogens is 1. The fourth-order valence-corrected chi connectivity index (χ4v) is 3.66. The highest BCUT2D eigenvalue weighted by Gasteiger charge is 2.15. The Bertz CT molecular complexity index is 788. The van der Waals surface area contributed by atoms with E-state index in [1.807, 2.05) is 30.3 Å². The number of pyridine rings is 1. The number of halogens is 1.